The number of hydrogen-bond donors (Lipinski definition) is 1. The maximum absolute atomic E-state index is 13.4. The van der Waals surface area contributed by atoms with E-state index >= 15 is 0 Å². The molecule has 0 fully saturated rings. The van der Waals surface area contributed by atoms with Crippen molar-refractivity contribution in [3.05, 3.63) is 65.5 Å². The molecule has 0 aliphatic rings. The molecule has 0 spiro atoms. The van der Waals surface area contributed by atoms with Crippen molar-refractivity contribution in [3.8, 4) is 0 Å². The smallest absolute Gasteiger partial charge is 0.225 e. The van der Waals surface area contributed by atoms with E-state index in [1.54, 1.807) is 12.1 Å². The molecule has 0 radical (unpaired) electrons. The van der Waals surface area contributed by atoms with E-state index in [0.717, 1.165) is 11.6 Å². The minimum absolute atomic E-state index is 0.0623. The third-order valence-corrected chi connectivity index (χ3v) is 3.14. The molecule has 1 atom stereocenters. The highest BCUT2D eigenvalue weighted by atomic mass is 19.1. The van der Waals surface area contributed by atoms with E-state index in [-0.39, 0.29) is 23.8 Å². The quantitative estimate of drug-likeness (QED) is 0.897. The molecule has 110 valence electrons. The molecule has 5 heteroatoms. The Balaban J connectivity index is 1.99. The van der Waals surface area contributed by atoms with Gasteiger partial charge in [0.1, 0.15) is 17.5 Å². The minimum Gasteiger partial charge on any atom is -0.324 e. The van der Waals surface area contributed by atoms with Gasteiger partial charge in [-0.1, -0.05) is 19.1 Å². The molecule has 2 rings (SSSR count). The summed E-state index contributed by atoms with van der Waals surface area (Å²) in [4.78, 5) is 11.9. The Morgan fingerprint density at radius 1 is 1.05 bits per heavy atom. The predicted molar refractivity (Wildman–Crippen MR) is 74.4 cm³/mol. The summed E-state index contributed by atoms with van der Waals surface area (Å²) in [5, 5.41) is 2.39. The summed E-state index contributed by atoms with van der Waals surface area (Å²) in [6.07, 6.45) is 0.114. The van der Waals surface area contributed by atoms with Gasteiger partial charge in [0, 0.05) is 12.5 Å². The lowest BCUT2D eigenvalue weighted by Crippen LogP contribution is -2.15. The summed E-state index contributed by atoms with van der Waals surface area (Å²) in [5.74, 6) is -2.40. The lowest BCUT2D eigenvalue weighted by Gasteiger charge is -2.12. The lowest BCUT2D eigenvalue weighted by molar-refractivity contribution is -0.116. The molecule has 0 aromatic heterocycles. The van der Waals surface area contributed by atoms with E-state index in [0.29, 0.717) is 6.07 Å². The average molecular weight is 293 g/mol. The van der Waals surface area contributed by atoms with E-state index in [2.05, 4.69) is 5.32 Å². The molecule has 0 bridgehead atoms. The molecule has 0 aliphatic carbocycles. The number of benzene rings is 2. The summed E-state index contributed by atoms with van der Waals surface area (Å²) in [6, 6.07) is 8.80. The van der Waals surface area contributed by atoms with Crippen LogP contribution in [0.1, 0.15) is 24.8 Å². The van der Waals surface area contributed by atoms with Crippen LogP contribution in [0.15, 0.2) is 42.5 Å². The van der Waals surface area contributed by atoms with Gasteiger partial charge in [-0.05, 0) is 35.7 Å². The Bertz CT molecular complexity index is 640. The number of anilines is 1. The molecule has 2 aromatic carbocycles. The van der Waals surface area contributed by atoms with Crippen LogP contribution in [0.3, 0.4) is 0 Å². The van der Waals surface area contributed by atoms with Crippen molar-refractivity contribution >= 4 is 11.6 Å². The van der Waals surface area contributed by atoms with Gasteiger partial charge in [-0.3, -0.25) is 4.79 Å². The van der Waals surface area contributed by atoms with Gasteiger partial charge in [0.25, 0.3) is 0 Å². The first-order valence-corrected chi connectivity index (χ1v) is 6.46. The molecule has 0 heterocycles. The molecule has 1 amide bonds. The van der Waals surface area contributed by atoms with Crippen molar-refractivity contribution in [1.82, 2.24) is 0 Å². The van der Waals surface area contributed by atoms with Crippen LogP contribution >= 0.6 is 0 Å². The number of rotatable bonds is 4. The summed E-state index contributed by atoms with van der Waals surface area (Å²) in [7, 11) is 0. The maximum Gasteiger partial charge on any atom is 0.225 e. The van der Waals surface area contributed by atoms with Crippen LogP contribution in [-0.4, -0.2) is 5.91 Å². The number of amides is 1. The Kier molecular flexibility index (Phi) is 4.62. The van der Waals surface area contributed by atoms with Crippen molar-refractivity contribution < 1.29 is 18.0 Å². The Morgan fingerprint density at radius 3 is 2.29 bits per heavy atom. The highest BCUT2D eigenvalue weighted by Crippen LogP contribution is 2.21. The van der Waals surface area contributed by atoms with Crippen molar-refractivity contribution in [2.45, 2.75) is 19.3 Å². The zero-order valence-corrected chi connectivity index (χ0v) is 11.4. The van der Waals surface area contributed by atoms with E-state index in [1.165, 1.54) is 18.2 Å². The minimum atomic E-state index is -0.821. The number of nitrogens with one attached hydrogen (secondary N) is 1. The van der Waals surface area contributed by atoms with E-state index in [1.807, 2.05) is 6.92 Å². The van der Waals surface area contributed by atoms with Gasteiger partial charge in [-0.25, -0.2) is 13.2 Å². The van der Waals surface area contributed by atoms with Gasteiger partial charge in [0.2, 0.25) is 5.91 Å². The fraction of sp³-hybridized carbons (Fsp3) is 0.188. The fourth-order valence-electron chi connectivity index (χ4n) is 1.98. The van der Waals surface area contributed by atoms with E-state index in [9.17, 15) is 18.0 Å². The first-order chi connectivity index (χ1) is 9.95. The second-order valence-electron chi connectivity index (χ2n) is 4.83. The monoisotopic (exact) mass is 293 g/mol. The predicted octanol–water partition coefficient (Wildman–Crippen LogP) is 4.24. The van der Waals surface area contributed by atoms with Crippen LogP contribution in [-0.2, 0) is 4.79 Å². The second kappa shape index (κ2) is 6.43. The highest BCUT2D eigenvalue weighted by Gasteiger charge is 2.13. The van der Waals surface area contributed by atoms with Crippen LogP contribution in [0.4, 0.5) is 18.9 Å². The molecule has 2 nitrogen and oxygen atoms in total. The fourth-order valence-corrected chi connectivity index (χ4v) is 1.98. The van der Waals surface area contributed by atoms with Gasteiger partial charge in [0.05, 0.1) is 5.69 Å². The van der Waals surface area contributed by atoms with E-state index in [4.69, 9.17) is 0 Å². The third kappa shape index (κ3) is 4.08. The first kappa shape index (κ1) is 15.1. The Hall–Kier alpha value is -2.30. The third-order valence-electron chi connectivity index (χ3n) is 3.14. The molecule has 0 saturated carbocycles. The number of hydrogen-bond acceptors (Lipinski definition) is 1. The SMILES string of the molecule is CC(CC(=O)Nc1ccc(F)cc1F)c1ccc(F)cc1. The lowest BCUT2D eigenvalue weighted by atomic mass is 9.97. The molecule has 0 saturated heterocycles. The van der Waals surface area contributed by atoms with Gasteiger partial charge >= 0.3 is 0 Å². The van der Waals surface area contributed by atoms with Gasteiger partial charge in [-0.15, -0.1) is 0 Å². The summed E-state index contributed by atoms with van der Waals surface area (Å²) >= 11 is 0. The largest absolute Gasteiger partial charge is 0.324 e. The van der Waals surface area contributed by atoms with Crippen molar-refractivity contribution in [2.24, 2.45) is 0 Å². The van der Waals surface area contributed by atoms with Gasteiger partial charge in [-0.2, -0.15) is 0 Å². The number of halogens is 3. The topological polar surface area (TPSA) is 29.1 Å². The van der Waals surface area contributed by atoms with E-state index < -0.39 is 17.5 Å². The van der Waals surface area contributed by atoms with Gasteiger partial charge < -0.3 is 5.32 Å². The second-order valence-corrected chi connectivity index (χ2v) is 4.83. The number of carbonyl (C=O) groups is 1. The molecular formula is C16H14F3NO. The molecule has 21 heavy (non-hydrogen) atoms. The van der Waals surface area contributed by atoms with Crippen LogP contribution in [0.5, 0.6) is 0 Å². The normalized spacial score (nSPS) is 12.0. The summed E-state index contributed by atoms with van der Waals surface area (Å²) in [5.41, 5.74) is 0.749. The molecule has 0 aliphatic heterocycles. The number of carbonyl (C=O) groups excluding carboxylic acids is 1. The standard InChI is InChI=1S/C16H14F3NO/c1-10(11-2-4-12(17)5-3-11)8-16(21)20-15-7-6-13(18)9-14(15)19/h2-7,9-10H,8H2,1H3,(H,20,21). The molecule has 2 aromatic rings. The van der Waals surface area contributed by atoms with Crippen molar-refractivity contribution in [1.29, 1.82) is 0 Å². The van der Waals surface area contributed by atoms with Crippen molar-refractivity contribution in [3.63, 3.8) is 0 Å². The van der Waals surface area contributed by atoms with Crippen molar-refractivity contribution in [2.75, 3.05) is 5.32 Å². The zero-order valence-electron chi connectivity index (χ0n) is 11.4. The summed E-state index contributed by atoms with van der Waals surface area (Å²) < 4.78 is 39.0. The highest BCUT2D eigenvalue weighted by molar-refractivity contribution is 5.91. The molecule has 1 N–H and O–H groups in total. The average Bonchev–Trinajstić information content (AvgIpc) is 2.42. The van der Waals surface area contributed by atoms with Crippen LogP contribution in [0.2, 0.25) is 0 Å². The van der Waals surface area contributed by atoms with Gasteiger partial charge in [0.15, 0.2) is 0 Å². The Morgan fingerprint density at radius 2 is 1.67 bits per heavy atom. The summed E-state index contributed by atoms with van der Waals surface area (Å²) in [6.45, 7) is 1.81. The molecular weight excluding hydrogens is 279 g/mol. The first-order valence-electron chi connectivity index (χ1n) is 6.46. The van der Waals surface area contributed by atoms with Crippen LogP contribution < -0.4 is 5.32 Å². The van der Waals surface area contributed by atoms with Crippen LogP contribution in [0, 0.1) is 17.5 Å². The maximum atomic E-state index is 13.4. The van der Waals surface area contributed by atoms with Crippen LogP contribution in [0.25, 0.3) is 0 Å². The Labute approximate surface area is 120 Å². The zero-order chi connectivity index (χ0) is 15.4. The molecule has 1 unspecified atom stereocenters.